The highest BCUT2D eigenvalue weighted by Crippen LogP contribution is 2.21. The lowest BCUT2D eigenvalue weighted by Crippen LogP contribution is -2.48. The standard InChI is InChI=1S/C23H31N9O6/c24-14(7-8-18(33)34)19-31-20(38-32-19)16(6-3-9-27-22(25)26)29-23(37)30-17(21(35)36)10-12-11-28-15-5-2-1-4-13(12)15/h1-2,4-5,11,14,16-17,28H,3,6-10,24H2,(H,33,34)(H,35,36)(H4,25,26,27)(H2,29,30,37). The Labute approximate surface area is 216 Å². The Balaban J connectivity index is 1.70. The van der Waals surface area contributed by atoms with Gasteiger partial charge < -0.3 is 47.6 Å². The van der Waals surface area contributed by atoms with E-state index in [0.29, 0.717) is 6.42 Å². The molecule has 2 heterocycles. The molecule has 1 aromatic carbocycles. The predicted molar refractivity (Wildman–Crippen MR) is 136 cm³/mol. The number of aliphatic imine (C=N–C) groups is 1. The average Bonchev–Trinajstić information content (AvgIpc) is 3.52. The number of H-pyrrole nitrogens is 1. The van der Waals surface area contributed by atoms with Crippen LogP contribution in [0, 0.1) is 0 Å². The van der Waals surface area contributed by atoms with Gasteiger partial charge in [-0.25, -0.2) is 9.59 Å². The Kier molecular flexibility index (Phi) is 9.59. The molecule has 11 N–H and O–H groups in total. The molecule has 0 bridgehead atoms. The van der Waals surface area contributed by atoms with E-state index in [2.05, 4.69) is 30.8 Å². The number of fused-ring (bicyclic) bond motifs is 1. The highest BCUT2D eigenvalue weighted by molar-refractivity contribution is 5.86. The number of benzene rings is 1. The quantitative estimate of drug-likeness (QED) is 0.0809. The first-order valence-corrected chi connectivity index (χ1v) is 11.8. The van der Waals surface area contributed by atoms with E-state index in [0.717, 1.165) is 16.5 Å². The molecule has 38 heavy (non-hydrogen) atoms. The number of para-hydroxylation sites is 1. The molecule has 2 aromatic heterocycles. The number of carbonyl (C=O) groups is 3. The van der Waals surface area contributed by atoms with Crippen LogP contribution in [0.4, 0.5) is 4.79 Å². The van der Waals surface area contributed by atoms with Crippen LogP contribution in [-0.2, 0) is 16.0 Å². The summed E-state index contributed by atoms with van der Waals surface area (Å²) < 4.78 is 5.28. The van der Waals surface area contributed by atoms with Gasteiger partial charge in [0.15, 0.2) is 11.8 Å². The smallest absolute Gasteiger partial charge is 0.326 e. The molecule has 15 nitrogen and oxygen atoms in total. The van der Waals surface area contributed by atoms with E-state index in [9.17, 15) is 19.5 Å². The number of carboxylic acids is 2. The largest absolute Gasteiger partial charge is 0.481 e. The summed E-state index contributed by atoms with van der Waals surface area (Å²) in [6.07, 6.45) is 2.36. The number of guanidine groups is 1. The molecule has 0 spiro atoms. The lowest BCUT2D eigenvalue weighted by Gasteiger charge is -2.19. The van der Waals surface area contributed by atoms with Gasteiger partial charge in [-0.15, -0.1) is 0 Å². The molecule has 0 aliphatic heterocycles. The molecule has 0 fully saturated rings. The van der Waals surface area contributed by atoms with Crippen LogP contribution in [0.1, 0.15) is 55.0 Å². The minimum atomic E-state index is -1.22. The molecule has 3 rings (SSSR count). The monoisotopic (exact) mass is 529 g/mol. The number of carbonyl (C=O) groups excluding carboxylic acids is 1. The Morgan fingerprint density at radius 3 is 2.61 bits per heavy atom. The van der Waals surface area contributed by atoms with Gasteiger partial charge in [0.2, 0.25) is 5.89 Å². The highest BCUT2D eigenvalue weighted by Gasteiger charge is 2.26. The van der Waals surface area contributed by atoms with Crippen LogP contribution in [0.5, 0.6) is 0 Å². The van der Waals surface area contributed by atoms with Crippen LogP contribution in [0.15, 0.2) is 40.0 Å². The van der Waals surface area contributed by atoms with Gasteiger partial charge in [0.1, 0.15) is 12.1 Å². The zero-order valence-corrected chi connectivity index (χ0v) is 20.5. The number of hydrogen-bond donors (Lipinski definition) is 8. The summed E-state index contributed by atoms with van der Waals surface area (Å²) in [7, 11) is 0. The van der Waals surface area contributed by atoms with E-state index in [1.54, 1.807) is 6.20 Å². The van der Waals surface area contributed by atoms with E-state index >= 15 is 0 Å². The number of nitrogens with one attached hydrogen (secondary N) is 3. The van der Waals surface area contributed by atoms with Crippen molar-refractivity contribution >= 4 is 34.8 Å². The van der Waals surface area contributed by atoms with E-state index in [-0.39, 0.29) is 49.9 Å². The molecule has 15 heteroatoms. The van der Waals surface area contributed by atoms with E-state index in [4.69, 9.17) is 26.8 Å². The van der Waals surface area contributed by atoms with Crippen LogP contribution in [0.3, 0.4) is 0 Å². The molecule has 0 aliphatic rings. The summed E-state index contributed by atoms with van der Waals surface area (Å²) in [4.78, 5) is 46.8. The third-order valence-electron chi connectivity index (χ3n) is 5.71. The van der Waals surface area contributed by atoms with E-state index < -0.39 is 36.1 Å². The number of aliphatic carboxylic acids is 2. The van der Waals surface area contributed by atoms with Crippen LogP contribution in [0.25, 0.3) is 10.9 Å². The van der Waals surface area contributed by atoms with Crippen LogP contribution in [0.2, 0.25) is 0 Å². The SMILES string of the molecule is NC(N)=NCCCC(NC(=O)NC(Cc1c[nH]c2ccccc12)C(=O)O)c1nc(C(N)CCC(=O)O)no1. The normalized spacial score (nSPS) is 13.4. The molecule has 0 radical (unpaired) electrons. The summed E-state index contributed by atoms with van der Waals surface area (Å²) in [5, 5.41) is 28.4. The molecule has 0 saturated carbocycles. The number of carboxylic acid groups (broad SMARTS) is 2. The summed E-state index contributed by atoms with van der Waals surface area (Å²) in [6.45, 7) is 0.263. The van der Waals surface area contributed by atoms with Gasteiger partial charge >= 0.3 is 18.0 Å². The van der Waals surface area contributed by atoms with Gasteiger partial charge in [-0.1, -0.05) is 23.4 Å². The number of aromatic nitrogens is 3. The Morgan fingerprint density at radius 1 is 1.13 bits per heavy atom. The molecule has 0 aliphatic carbocycles. The first-order chi connectivity index (χ1) is 18.1. The van der Waals surface area contributed by atoms with Gasteiger partial charge in [0.05, 0.1) is 6.04 Å². The third-order valence-corrected chi connectivity index (χ3v) is 5.71. The topological polar surface area (TPSA) is 261 Å². The molecule has 3 unspecified atom stereocenters. The number of nitrogens with two attached hydrogens (primary N) is 3. The maximum atomic E-state index is 12.9. The molecule has 204 valence electrons. The highest BCUT2D eigenvalue weighted by atomic mass is 16.5. The fourth-order valence-electron chi connectivity index (χ4n) is 3.79. The number of hydrogen-bond acceptors (Lipinski definition) is 8. The Morgan fingerprint density at radius 2 is 1.89 bits per heavy atom. The second-order valence-electron chi connectivity index (χ2n) is 8.60. The predicted octanol–water partition coefficient (Wildman–Crippen LogP) is 0.505. The number of rotatable bonds is 14. The number of aromatic amines is 1. The van der Waals surface area contributed by atoms with Crippen LogP contribution in [-0.4, -0.2) is 61.9 Å². The van der Waals surface area contributed by atoms with Gasteiger partial charge in [0, 0.05) is 36.5 Å². The summed E-state index contributed by atoms with van der Waals surface area (Å²) in [5.74, 6) is -2.20. The maximum absolute atomic E-state index is 12.9. The van der Waals surface area contributed by atoms with Crippen LogP contribution < -0.4 is 27.8 Å². The average molecular weight is 530 g/mol. The fourth-order valence-corrected chi connectivity index (χ4v) is 3.79. The van der Waals surface area contributed by atoms with Crippen molar-refractivity contribution in [3.63, 3.8) is 0 Å². The lowest BCUT2D eigenvalue weighted by molar-refractivity contribution is -0.139. The number of nitrogens with zero attached hydrogens (tertiary/aromatic N) is 3. The van der Waals surface area contributed by atoms with Gasteiger partial charge in [-0.2, -0.15) is 4.98 Å². The van der Waals surface area contributed by atoms with Crippen molar-refractivity contribution in [1.82, 2.24) is 25.8 Å². The molecule has 2 amide bonds. The van der Waals surface area contributed by atoms with Crippen molar-refractivity contribution in [1.29, 1.82) is 0 Å². The maximum Gasteiger partial charge on any atom is 0.326 e. The molecule has 3 aromatic rings. The Hall–Kier alpha value is -4.66. The zero-order chi connectivity index (χ0) is 27.7. The first kappa shape index (κ1) is 27.9. The molecular weight excluding hydrogens is 498 g/mol. The van der Waals surface area contributed by atoms with Crippen LogP contribution >= 0.6 is 0 Å². The van der Waals surface area contributed by atoms with Crippen molar-refractivity contribution in [2.45, 2.75) is 50.2 Å². The summed E-state index contributed by atoms with van der Waals surface area (Å²) in [6, 6.07) is 3.84. The zero-order valence-electron chi connectivity index (χ0n) is 20.5. The minimum Gasteiger partial charge on any atom is -0.481 e. The third kappa shape index (κ3) is 7.92. The number of urea groups is 1. The van der Waals surface area contributed by atoms with Gasteiger partial charge in [-0.3, -0.25) is 9.79 Å². The van der Waals surface area contributed by atoms with Crippen molar-refractivity contribution < 1.29 is 29.1 Å². The van der Waals surface area contributed by atoms with E-state index in [1.165, 1.54) is 0 Å². The fraction of sp³-hybridized carbons (Fsp3) is 0.391. The second-order valence-corrected chi connectivity index (χ2v) is 8.60. The molecule has 0 saturated heterocycles. The first-order valence-electron chi connectivity index (χ1n) is 11.8. The van der Waals surface area contributed by atoms with Crippen molar-refractivity contribution in [3.8, 4) is 0 Å². The van der Waals surface area contributed by atoms with Crippen molar-refractivity contribution in [2.24, 2.45) is 22.2 Å². The number of amides is 2. The molecule has 3 atom stereocenters. The van der Waals surface area contributed by atoms with Gasteiger partial charge in [-0.05, 0) is 30.9 Å². The molecular formula is C23H31N9O6. The van der Waals surface area contributed by atoms with Crippen molar-refractivity contribution in [3.05, 3.63) is 47.7 Å². The lowest BCUT2D eigenvalue weighted by atomic mass is 10.1. The minimum absolute atomic E-state index is 0.0223. The van der Waals surface area contributed by atoms with E-state index in [1.807, 2.05) is 24.3 Å². The summed E-state index contributed by atoms with van der Waals surface area (Å²) >= 11 is 0. The second kappa shape index (κ2) is 13.0. The Bertz CT molecular complexity index is 1280. The summed E-state index contributed by atoms with van der Waals surface area (Å²) in [5.41, 5.74) is 18.3. The van der Waals surface area contributed by atoms with Gasteiger partial charge in [0.25, 0.3) is 0 Å². The van der Waals surface area contributed by atoms with Crippen molar-refractivity contribution in [2.75, 3.05) is 6.54 Å².